The number of nitrogens with one attached hydrogen (secondary N) is 1. The Balaban J connectivity index is 0.00000121. The van der Waals surface area contributed by atoms with Crippen LogP contribution < -0.4 is 11.3 Å². The topological polar surface area (TPSA) is 58.3 Å². The van der Waals surface area contributed by atoms with Crippen LogP contribution in [-0.2, 0) is 6.54 Å². The first kappa shape index (κ1) is 11.2. The van der Waals surface area contributed by atoms with E-state index in [1.165, 1.54) is 18.2 Å². The lowest BCUT2D eigenvalue weighted by Crippen LogP contribution is -2.21. The molecule has 1 rings (SSSR count). The number of phenols is 1. The quantitative estimate of drug-likeness (QED) is 0.483. The summed E-state index contributed by atoms with van der Waals surface area (Å²) in [7, 11) is 0. The van der Waals surface area contributed by atoms with Gasteiger partial charge in [-0.25, -0.2) is 4.39 Å². The van der Waals surface area contributed by atoms with Crippen molar-refractivity contribution in [2.45, 2.75) is 6.54 Å². The molecule has 0 unspecified atom stereocenters. The molecule has 0 fully saturated rings. The Morgan fingerprint density at radius 1 is 1.50 bits per heavy atom. The highest BCUT2D eigenvalue weighted by molar-refractivity contribution is 5.85. The monoisotopic (exact) mass is 192 g/mol. The van der Waals surface area contributed by atoms with Crippen LogP contribution in [0.3, 0.4) is 0 Å². The van der Waals surface area contributed by atoms with Crippen LogP contribution in [0.1, 0.15) is 5.56 Å². The number of phenolic OH excluding ortho intramolecular Hbond substituents is 1. The van der Waals surface area contributed by atoms with Crippen LogP contribution in [0.4, 0.5) is 4.39 Å². The molecule has 12 heavy (non-hydrogen) atoms. The van der Waals surface area contributed by atoms with E-state index in [9.17, 15) is 4.39 Å². The third-order valence-electron chi connectivity index (χ3n) is 1.37. The normalized spacial score (nSPS) is 9.17. The molecule has 0 saturated heterocycles. The fourth-order valence-electron chi connectivity index (χ4n) is 0.824. The maximum Gasteiger partial charge on any atom is 0.131 e. The maximum absolute atomic E-state index is 12.8. The second kappa shape index (κ2) is 4.92. The van der Waals surface area contributed by atoms with E-state index in [1.54, 1.807) is 0 Å². The van der Waals surface area contributed by atoms with Crippen molar-refractivity contribution in [3.8, 4) is 5.75 Å². The van der Waals surface area contributed by atoms with Crippen molar-refractivity contribution in [3.63, 3.8) is 0 Å². The minimum Gasteiger partial charge on any atom is -0.508 e. The van der Waals surface area contributed by atoms with Gasteiger partial charge in [-0.15, -0.1) is 12.4 Å². The van der Waals surface area contributed by atoms with Crippen LogP contribution >= 0.6 is 12.4 Å². The van der Waals surface area contributed by atoms with Crippen molar-refractivity contribution >= 4 is 12.4 Å². The zero-order valence-corrected chi connectivity index (χ0v) is 7.07. The molecule has 0 aliphatic heterocycles. The molecule has 0 heterocycles. The van der Waals surface area contributed by atoms with Gasteiger partial charge in [0.15, 0.2) is 0 Å². The first-order chi connectivity index (χ1) is 5.25. The largest absolute Gasteiger partial charge is 0.508 e. The molecule has 0 radical (unpaired) electrons. The summed E-state index contributed by atoms with van der Waals surface area (Å²) in [6.07, 6.45) is 0. The van der Waals surface area contributed by atoms with Crippen molar-refractivity contribution in [1.29, 1.82) is 0 Å². The Hall–Kier alpha value is -0.840. The molecule has 68 valence electrons. The van der Waals surface area contributed by atoms with Gasteiger partial charge in [0.1, 0.15) is 11.6 Å². The second-order valence-corrected chi connectivity index (χ2v) is 2.12. The first-order valence-electron chi connectivity index (χ1n) is 3.15. The van der Waals surface area contributed by atoms with Crippen molar-refractivity contribution < 1.29 is 9.50 Å². The summed E-state index contributed by atoms with van der Waals surface area (Å²) >= 11 is 0. The van der Waals surface area contributed by atoms with Gasteiger partial charge < -0.3 is 5.11 Å². The molecule has 0 atom stereocenters. The predicted octanol–water partition coefficient (Wildman–Crippen LogP) is 0.916. The van der Waals surface area contributed by atoms with Crippen LogP contribution in [0.25, 0.3) is 0 Å². The standard InChI is InChI=1S/C7H9FN2O.ClH/c8-6-2-1-3-7(11)5(6)4-10-9;/h1-3,10-11H,4,9H2;1H. The van der Waals surface area contributed by atoms with Gasteiger partial charge in [-0.1, -0.05) is 6.07 Å². The van der Waals surface area contributed by atoms with E-state index < -0.39 is 5.82 Å². The maximum atomic E-state index is 12.8. The highest BCUT2D eigenvalue weighted by Gasteiger charge is 2.04. The van der Waals surface area contributed by atoms with Gasteiger partial charge in [-0.05, 0) is 12.1 Å². The second-order valence-electron chi connectivity index (χ2n) is 2.12. The molecule has 0 bridgehead atoms. The Labute approximate surface area is 75.8 Å². The van der Waals surface area contributed by atoms with Crippen LogP contribution in [-0.4, -0.2) is 5.11 Å². The molecule has 0 spiro atoms. The van der Waals surface area contributed by atoms with Gasteiger partial charge in [0.25, 0.3) is 0 Å². The first-order valence-corrected chi connectivity index (χ1v) is 3.15. The van der Waals surface area contributed by atoms with E-state index in [2.05, 4.69) is 5.43 Å². The van der Waals surface area contributed by atoms with Crippen LogP contribution in [0, 0.1) is 5.82 Å². The molecular weight excluding hydrogens is 183 g/mol. The summed E-state index contributed by atoms with van der Waals surface area (Å²) in [6, 6.07) is 4.12. The summed E-state index contributed by atoms with van der Waals surface area (Å²) in [5.41, 5.74) is 2.46. The number of nitrogens with two attached hydrogens (primary N) is 1. The van der Waals surface area contributed by atoms with E-state index in [1.807, 2.05) is 0 Å². The molecule has 5 heteroatoms. The number of benzene rings is 1. The van der Waals surface area contributed by atoms with Gasteiger partial charge >= 0.3 is 0 Å². The van der Waals surface area contributed by atoms with Crippen molar-refractivity contribution in [2.75, 3.05) is 0 Å². The fourth-order valence-corrected chi connectivity index (χ4v) is 0.824. The van der Waals surface area contributed by atoms with Gasteiger partial charge in [-0.2, -0.15) is 0 Å². The predicted molar refractivity (Wildman–Crippen MR) is 46.3 cm³/mol. The Kier molecular flexibility index (Phi) is 4.58. The van der Waals surface area contributed by atoms with E-state index in [4.69, 9.17) is 10.9 Å². The minimum atomic E-state index is -0.456. The number of hydrogen-bond acceptors (Lipinski definition) is 3. The van der Waals surface area contributed by atoms with Gasteiger partial charge in [0.05, 0.1) is 0 Å². The Morgan fingerprint density at radius 3 is 2.67 bits per heavy atom. The summed E-state index contributed by atoms with van der Waals surface area (Å²) in [4.78, 5) is 0. The summed E-state index contributed by atoms with van der Waals surface area (Å²) in [5, 5.41) is 9.09. The minimum absolute atomic E-state index is 0. The van der Waals surface area contributed by atoms with Gasteiger partial charge in [0, 0.05) is 12.1 Å². The summed E-state index contributed by atoms with van der Waals surface area (Å²) in [6.45, 7) is 0.124. The van der Waals surface area contributed by atoms with E-state index in [0.29, 0.717) is 0 Å². The number of hydrogen-bond donors (Lipinski definition) is 3. The smallest absolute Gasteiger partial charge is 0.131 e. The van der Waals surface area contributed by atoms with Crippen molar-refractivity contribution in [3.05, 3.63) is 29.6 Å². The number of halogens is 2. The Morgan fingerprint density at radius 2 is 2.17 bits per heavy atom. The molecule has 1 aromatic carbocycles. The molecule has 0 amide bonds. The summed E-state index contributed by atoms with van der Waals surface area (Å²) < 4.78 is 12.8. The van der Waals surface area contributed by atoms with Gasteiger partial charge in [0.2, 0.25) is 0 Å². The average Bonchev–Trinajstić information content (AvgIpc) is 1.97. The molecule has 0 aliphatic rings. The lowest BCUT2D eigenvalue weighted by Gasteiger charge is -2.03. The molecule has 4 N–H and O–H groups in total. The molecular formula is C7H10ClFN2O. The highest BCUT2D eigenvalue weighted by Crippen LogP contribution is 2.18. The van der Waals surface area contributed by atoms with E-state index >= 15 is 0 Å². The van der Waals surface area contributed by atoms with Crippen molar-refractivity contribution in [1.82, 2.24) is 5.43 Å². The molecule has 0 aliphatic carbocycles. The Bertz CT molecular complexity index is 237. The van der Waals surface area contributed by atoms with Crippen LogP contribution in [0.5, 0.6) is 5.75 Å². The third-order valence-corrected chi connectivity index (χ3v) is 1.37. The van der Waals surface area contributed by atoms with Crippen LogP contribution in [0.15, 0.2) is 18.2 Å². The summed E-state index contributed by atoms with van der Waals surface area (Å²) in [5.74, 6) is 4.43. The number of hydrazine groups is 1. The van der Waals surface area contributed by atoms with E-state index in [0.717, 1.165) is 0 Å². The van der Waals surface area contributed by atoms with Crippen LogP contribution in [0.2, 0.25) is 0 Å². The van der Waals surface area contributed by atoms with Crippen molar-refractivity contribution in [2.24, 2.45) is 5.84 Å². The molecule has 1 aromatic rings. The SMILES string of the molecule is Cl.NNCc1c(O)cccc1F. The molecule has 0 aromatic heterocycles. The average molecular weight is 193 g/mol. The molecule has 3 nitrogen and oxygen atoms in total. The molecule has 0 saturated carbocycles. The lowest BCUT2D eigenvalue weighted by atomic mass is 10.2. The van der Waals surface area contributed by atoms with E-state index in [-0.39, 0.29) is 30.3 Å². The number of aromatic hydroxyl groups is 1. The van der Waals surface area contributed by atoms with Gasteiger partial charge in [-0.3, -0.25) is 11.3 Å². The highest BCUT2D eigenvalue weighted by atomic mass is 35.5. The zero-order valence-electron chi connectivity index (χ0n) is 6.25. The fraction of sp³-hybridized carbons (Fsp3) is 0.143. The lowest BCUT2D eigenvalue weighted by molar-refractivity contribution is 0.454. The zero-order chi connectivity index (χ0) is 8.27. The number of rotatable bonds is 2. The third kappa shape index (κ3) is 2.34.